The van der Waals surface area contributed by atoms with Crippen molar-refractivity contribution in [3.05, 3.63) is 0 Å². The van der Waals surface area contributed by atoms with Crippen LogP contribution in [0.2, 0.25) is 0 Å². The van der Waals surface area contributed by atoms with Gasteiger partial charge in [0.1, 0.15) is 0 Å². The van der Waals surface area contributed by atoms with Crippen molar-refractivity contribution in [3.63, 3.8) is 0 Å². The highest BCUT2D eigenvalue weighted by Gasteiger charge is 2.25. The van der Waals surface area contributed by atoms with Gasteiger partial charge in [0.05, 0.1) is 0 Å². The van der Waals surface area contributed by atoms with Crippen LogP contribution in [0.4, 0.5) is 0 Å². The third kappa shape index (κ3) is 2.95. The van der Waals surface area contributed by atoms with Crippen LogP contribution in [0.25, 0.3) is 0 Å². The minimum atomic E-state index is 0.613. The van der Waals surface area contributed by atoms with E-state index >= 15 is 0 Å². The van der Waals surface area contributed by atoms with E-state index in [2.05, 4.69) is 19.2 Å². The van der Waals surface area contributed by atoms with Gasteiger partial charge in [-0.1, -0.05) is 20.3 Å². The normalized spacial score (nSPS) is 30.0. The number of hydrogen-bond acceptors (Lipinski definition) is 1. The summed E-state index contributed by atoms with van der Waals surface area (Å²) in [5.41, 5.74) is 0. The molecule has 0 saturated heterocycles. The Bertz CT molecular complexity index is 125. The monoisotopic (exact) mass is 189 g/mol. The second-order valence-electron chi connectivity index (χ2n) is 4.17. The van der Waals surface area contributed by atoms with Crippen molar-refractivity contribution in [1.29, 1.82) is 0 Å². The summed E-state index contributed by atoms with van der Waals surface area (Å²) in [5, 5.41) is 3.49. The molecule has 12 heavy (non-hydrogen) atoms. The molecule has 2 unspecified atom stereocenters. The zero-order valence-corrected chi connectivity index (χ0v) is 8.90. The maximum Gasteiger partial charge on any atom is 0.0254 e. The molecule has 1 nitrogen and oxygen atoms in total. The van der Waals surface area contributed by atoms with Crippen molar-refractivity contribution in [2.24, 2.45) is 11.8 Å². The Labute approximate surface area is 80.9 Å². The van der Waals surface area contributed by atoms with Crippen molar-refractivity contribution in [1.82, 2.24) is 5.32 Å². The Morgan fingerprint density at radius 1 is 1.33 bits per heavy atom. The minimum absolute atomic E-state index is 0.613. The van der Waals surface area contributed by atoms with E-state index in [1.807, 2.05) is 0 Å². The number of nitrogens with one attached hydrogen (secondary N) is 1. The molecule has 2 atom stereocenters. The summed E-state index contributed by atoms with van der Waals surface area (Å²) in [5.74, 6) is 2.47. The molecular formula is C10H20ClN. The van der Waals surface area contributed by atoms with Crippen LogP contribution in [0.1, 0.15) is 33.1 Å². The highest BCUT2D eigenvalue weighted by Crippen LogP contribution is 2.31. The van der Waals surface area contributed by atoms with Gasteiger partial charge in [0.15, 0.2) is 0 Å². The Balaban J connectivity index is 2.21. The summed E-state index contributed by atoms with van der Waals surface area (Å²) in [6.07, 6.45) is 4.09. The highest BCUT2D eigenvalue weighted by molar-refractivity contribution is 6.18. The summed E-state index contributed by atoms with van der Waals surface area (Å²) in [7, 11) is 0. The molecule has 2 heteroatoms. The molecule has 0 aliphatic heterocycles. The molecule has 1 fully saturated rings. The molecule has 0 heterocycles. The smallest absolute Gasteiger partial charge is 0.0254 e. The number of rotatable bonds is 4. The molecule has 1 aliphatic rings. The fraction of sp³-hybridized carbons (Fsp3) is 1.00. The molecule has 0 aromatic rings. The topological polar surface area (TPSA) is 12.0 Å². The van der Waals surface area contributed by atoms with E-state index in [0.717, 1.165) is 24.3 Å². The van der Waals surface area contributed by atoms with Crippen LogP contribution in [0, 0.1) is 11.8 Å². The third-order valence-electron chi connectivity index (χ3n) is 2.80. The average Bonchev–Trinajstić information content (AvgIpc) is 2.47. The fourth-order valence-electron chi connectivity index (χ4n) is 1.97. The summed E-state index contributed by atoms with van der Waals surface area (Å²) in [6, 6.07) is 0.613. The molecule has 1 saturated carbocycles. The van der Waals surface area contributed by atoms with Crippen LogP contribution in [-0.4, -0.2) is 18.5 Å². The first kappa shape index (κ1) is 10.3. The molecule has 0 aromatic heterocycles. The van der Waals surface area contributed by atoms with Gasteiger partial charge in [0.2, 0.25) is 0 Å². The number of hydrogen-bond donors (Lipinski definition) is 1. The van der Waals surface area contributed by atoms with Gasteiger partial charge in [0.25, 0.3) is 0 Å². The first-order valence-electron chi connectivity index (χ1n) is 5.03. The Morgan fingerprint density at radius 3 is 2.58 bits per heavy atom. The summed E-state index contributed by atoms with van der Waals surface area (Å²) in [6.45, 7) is 5.56. The van der Waals surface area contributed by atoms with Gasteiger partial charge >= 0.3 is 0 Å². The lowest BCUT2D eigenvalue weighted by Gasteiger charge is -2.19. The van der Waals surface area contributed by atoms with Gasteiger partial charge in [0, 0.05) is 11.9 Å². The molecule has 0 spiro atoms. The molecule has 0 bridgehead atoms. The van der Waals surface area contributed by atoms with E-state index in [0.29, 0.717) is 6.04 Å². The molecule has 1 rings (SSSR count). The predicted octanol–water partition coefficient (Wildman–Crippen LogP) is 2.64. The van der Waals surface area contributed by atoms with E-state index in [1.54, 1.807) is 0 Å². The number of halogens is 1. The van der Waals surface area contributed by atoms with E-state index < -0.39 is 0 Å². The van der Waals surface area contributed by atoms with Crippen LogP contribution in [0.15, 0.2) is 0 Å². The first-order valence-corrected chi connectivity index (χ1v) is 5.57. The highest BCUT2D eigenvalue weighted by atomic mass is 35.5. The van der Waals surface area contributed by atoms with Gasteiger partial charge in [-0.15, -0.1) is 11.6 Å². The van der Waals surface area contributed by atoms with E-state index in [-0.39, 0.29) is 0 Å². The Hall–Kier alpha value is 0.250. The second-order valence-corrected chi connectivity index (χ2v) is 4.48. The lowest BCUT2D eigenvalue weighted by molar-refractivity contribution is 0.381. The quantitative estimate of drug-likeness (QED) is 0.671. The molecule has 1 N–H and O–H groups in total. The standard InChI is InChI=1S/C10H20ClN/c1-8(2)12-7-10-5-3-4-9(10)6-11/h8-10,12H,3-7H2,1-2H3. The minimum Gasteiger partial charge on any atom is -0.314 e. The summed E-state index contributed by atoms with van der Waals surface area (Å²) < 4.78 is 0. The van der Waals surface area contributed by atoms with Crippen LogP contribution < -0.4 is 5.32 Å². The lowest BCUT2D eigenvalue weighted by Crippen LogP contribution is -2.30. The average molecular weight is 190 g/mol. The van der Waals surface area contributed by atoms with Crippen LogP contribution in [0.3, 0.4) is 0 Å². The van der Waals surface area contributed by atoms with Gasteiger partial charge in [-0.05, 0) is 31.2 Å². The van der Waals surface area contributed by atoms with Crippen molar-refractivity contribution in [2.75, 3.05) is 12.4 Å². The van der Waals surface area contributed by atoms with Gasteiger partial charge in [-0.3, -0.25) is 0 Å². The van der Waals surface area contributed by atoms with Crippen molar-refractivity contribution < 1.29 is 0 Å². The van der Waals surface area contributed by atoms with Gasteiger partial charge in [-0.25, -0.2) is 0 Å². The SMILES string of the molecule is CC(C)NCC1CCCC1CCl. The molecule has 0 aromatic carbocycles. The van der Waals surface area contributed by atoms with Crippen molar-refractivity contribution >= 4 is 11.6 Å². The fourth-order valence-corrected chi connectivity index (χ4v) is 2.38. The second kappa shape index (κ2) is 5.08. The van der Waals surface area contributed by atoms with E-state index in [1.165, 1.54) is 19.3 Å². The Kier molecular flexibility index (Phi) is 4.38. The Morgan fingerprint density at radius 2 is 2.00 bits per heavy atom. The summed E-state index contributed by atoms with van der Waals surface area (Å²) >= 11 is 5.89. The molecule has 0 radical (unpaired) electrons. The molecule has 0 amide bonds. The maximum atomic E-state index is 5.89. The zero-order valence-electron chi connectivity index (χ0n) is 8.15. The van der Waals surface area contributed by atoms with Crippen LogP contribution in [-0.2, 0) is 0 Å². The van der Waals surface area contributed by atoms with Crippen LogP contribution >= 0.6 is 11.6 Å². The van der Waals surface area contributed by atoms with Crippen molar-refractivity contribution in [3.8, 4) is 0 Å². The first-order chi connectivity index (χ1) is 5.74. The molecular weight excluding hydrogens is 170 g/mol. The summed E-state index contributed by atoms with van der Waals surface area (Å²) in [4.78, 5) is 0. The predicted molar refractivity (Wildman–Crippen MR) is 54.7 cm³/mol. The van der Waals surface area contributed by atoms with Crippen molar-refractivity contribution in [2.45, 2.75) is 39.2 Å². The van der Waals surface area contributed by atoms with Gasteiger partial charge in [-0.2, -0.15) is 0 Å². The largest absolute Gasteiger partial charge is 0.314 e. The maximum absolute atomic E-state index is 5.89. The number of alkyl halides is 1. The molecule has 1 aliphatic carbocycles. The lowest BCUT2D eigenvalue weighted by atomic mass is 9.98. The van der Waals surface area contributed by atoms with E-state index in [4.69, 9.17) is 11.6 Å². The van der Waals surface area contributed by atoms with Gasteiger partial charge < -0.3 is 5.32 Å². The molecule has 72 valence electrons. The third-order valence-corrected chi connectivity index (χ3v) is 3.20. The zero-order chi connectivity index (χ0) is 8.97. The van der Waals surface area contributed by atoms with Crippen LogP contribution in [0.5, 0.6) is 0 Å². The van der Waals surface area contributed by atoms with E-state index in [9.17, 15) is 0 Å².